The third kappa shape index (κ3) is 4.55. The first-order chi connectivity index (χ1) is 17.7. The first-order valence-corrected chi connectivity index (χ1v) is 12.3. The van der Waals surface area contributed by atoms with Gasteiger partial charge in [0, 0.05) is 11.1 Å². The smallest absolute Gasteiger partial charge is 0.350 e. The highest BCUT2D eigenvalue weighted by Crippen LogP contribution is 2.46. The summed E-state index contributed by atoms with van der Waals surface area (Å²) in [6.07, 6.45) is 0. The molecule has 0 aliphatic carbocycles. The Morgan fingerprint density at radius 1 is 1.08 bits per heavy atom. The fourth-order valence-corrected chi connectivity index (χ4v) is 5.26. The van der Waals surface area contributed by atoms with Gasteiger partial charge in [-0.05, 0) is 50.6 Å². The predicted molar refractivity (Wildman–Crippen MR) is 138 cm³/mol. The quantitative estimate of drug-likeness (QED) is 0.208. The van der Waals surface area contributed by atoms with Gasteiger partial charge in [0.2, 0.25) is 0 Å². The van der Waals surface area contributed by atoms with Gasteiger partial charge in [0.05, 0.1) is 32.1 Å². The van der Waals surface area contributed by atoms with Crippen molar-refractivity contribution in [3.63, 3.8) is 0 Å². The summed E-state index contributed by atoms with van der Waals surface area (Å²) in [5.74, 6) is -1.65. The van der Waals surface area contributed by atoms with Crippen LogP contribution >= 0.6 is 11.3 Å². The maximum atomic E-state index is 13.4. The third-order valence-corrected chi connectivity index (χ3v) is 7.14. The number of hydrogen-bond acceptors (Lipinski definition) is 9. The van der Waals surface area contributed by atoms with Crippen LogP contribution in [0.5, 0.6) is 11.5 Å². The summed E-state index contributed by atoms with van der Waals surface area (Å²) in [5.41, 5.74) is 1.80. The molecule has 1 aliphatic heterocycles. The van der Waals surface area contributed by atoms with Crippen molar-refractivity contribution >= 4 is 39.9 Å². The Balaban J connectivity index is 1.95. The molecule has 37 heavy (non-hydrogen) atoms. The molecule has 0 bridgehead atoms. The maximum Gasteiger partial charge on any atom is 0.350 e. The highest BCUT2D eigenvalue weighted by atomic mass is 32.1. The number of thiazole rings is 1. The Morgan fingerprint density at radius 2 is 1.78 bits per heavy atom. The molecule has 3 aromatic rings. The standard InChI is InChI=1S/C27H26N2O7S/c1-6-36-26(33)24-15(3)28-27(37-24)29-21(17-9-7-8-10-19(17)35-5)20(23(31)25(29)32)22(30)16-11-12-18(34-4)14(2)13-16/h7-13,21,30H,6H2,1-5H3/b22-20+. The Labute approximate surface area is 217 Å². The minimum absolute atomic E-state index is 0.121. The summed E-state index contributed by atoms with van der Waals surface area (Å²) in [6, 6.07) is 10.8. The molecule has 1 atom stereocenters. The molecule has 4 rings (SSSR count). The number of Topliss-reactive ketones (excluding diaryl/α,β-unsaturated/α-hetero) is 1. The zero-order valence-corrected chi connectivity index (χ0v) is 21.8. The summed E-state index contributed by atoms with van der Waals surface area (Å²) in [6.45, 7) is 5.30. The lowest BCUT2D eigenvalue weighted by Gasteiger charge is -2.24. The number of para-hydroxylation sites is 1. The molecule has 1 aliphatic rings. The third-order valence-electron chi connectivity index (χ3n) is 6.00. The average Bonchev–Trinajstić information content (AvgIpc) is 3.40. The number of rotatable bonds is 7. The van der Waals surface area contributed by atoms with E-state index in [1.807, 2.05) is 0 Å². The summed E-state index contributed by atoms with van der Waals surface area (Å²) in [5, 5.41) is 11.5. The summed E-state index contributed by atoms with van der Waals surface area (Å²) < 4.78 is 15.9. The molecule has 1 N–H and O–H groups in total. The normalized spacial score (nSPS) is 16.7. The van der Waals surface area contributed by atoms with Gasteiger partial charge in [-0.15, -0.1) is 0 Å². The van der Waals surface area contributed by atoms with Gasteiger partial charge >= 0.3 is 11.9 Å². The molecule has 0 radical (unpaired) electrons. The average molecular weight is 523 g/mol. The number of ketones is 1. The van der Waals surface area contributed by atoms with Gasteiger partial charge in [0.15, 0.2) is 5.13 Å². The fraction of sp³-hybridized carbons (Fsp3) is 0.259. The Morgan fingerprint density at radius 3 is 2.43 bits per heavy atom. The number of anilines is 1. The fourth-order valence-electron chi connectivity index (χ4n) is 4.27. The van der Waals surface area contributed by atoms with E-state index in [2.05, 4.69) is 4.98 Å². The lowest BCUT2D eigenvalue weighted by atomic mass is 9.94. The van der Waals surface area contributed by atoms with Gasteiger partial charge in [-0.1, -0.05) is 29.5 Å². The molecule has 192 valence electrons. The number of aliphatic hydroxyl groups excluding tert-OH is 1. The van der Waals surface area contributed by atoms with Crippen molar-refractivity contribution in [1.29, 1.82) is 0 Å². The van der Waals surface area contributed by atoms with E-state index in [0.717, 1.165) is 16.9 Å². The van der Waals surface area contributed by atoms with E-state index in [-0.39, 0.29) is 27.9 Å². The van der Waals surface area contributed by atoms with Crippen molar-refractivity contribution in [3.05, 3.63) is 75.3 Å². The molecular formula is C27H26N2O7S. The number of hydrogen-bond donors (Lipinski definition) is 1. The lowest BCUT2D eigenvalue weighted by molar-refractivity contribution is -0.132. The van der Waals surface area contributed by atoms with Crippen molar-refractivity contribution in [3.8, 4) is 11.5 Å². The molecule has 1 saturated heterocycles. The second-order valence-electron chi connectivity index (χ2n) is 8.23. The molecule has 1 fully saturated rings. The number of amides is 1. The SMILES string of the molecule is CCOC(=O)c1sc(N2C(=O)C(=O)/C(=C(/O)c3ccc(OC)c(C)c3)C2c2ccccc2OC)nc1C. The number of benzene rings is 2. The number of aromatic nitrogens is 1. The van der Waals surface area contributed by atoms with Crippen LogP contribution in [0.1, 0.15) is 45.0 Å². The van der Waals surface area contributed by atoms with Crippen LogP contribution in [-0.4, -0.2) is 48.6 Å². The minimum atomic E-state index is -1.06. The number of carbonyl (C=O) groups is 3. The van der Waals surface area contributed by atoms with Crippen LogP contribution in [0, 0.1) is 13.8 Å². The zero-order chi connectivity index (χ0) is 26.9. The summed E-state index contributed by atoms with van der Waals surface area (Å²) in [4.78, 5) is 45.2. The molecule has 2 aromatic carbocycles. The van der Waals surface area contributed by atoms with Crippen LogP contribution in [0.4, 0.5) is 5.13 Å². The Bertz CT molecular complexity index is 1430. The van der Waals surface area contributed by atoms with E-state index in [4.69, 9.17) is 14.2 Å². The van der Waals surface area contributed by atoms with Crippen molar-refractivity contribution in [2.75, 3.05) is 25.7 Å². The number of nitrogens with zero attached hydrogens (tertiary/aromatic N) is 2. The van der Waals surface area contributed by atoms with Crippen LogP contribution in [-0.2, 0) is 14.3 Å². The van der Waals surface area contributed by atoms with E-state index in [1.165, 1.54) is 19.1 Å². The van der Waals surface area contributed by atoms with E-state index in [0.29, 0.717) is 28.3 Å². The number of carbonyl (C=O) groups excluding carboxylic acids is 3. The van der Waals surface area contributed by atoms with Gasteiger partial charge in [-0.2, -0.15) is 0 Å². The second kappa shape index (κ2) is 10.4. The van der Waals surface area contributed by atoms with Crippen LogP contribution in [0.3, 0.4) is 0 Å². The van der Waals surface area contributed by atoms with Gasteiger partial charge in [0.1, 0.15) is 28.2 Å². The van der Waals surface area contributed by atoms with E-state index in [9.17, 15) is 19.5 Å². The molecule has 2 heterocycles. The maximum absolute atomic E-state index is 13.4. The minimum Gasteiger partial charge on any atom is -0.507 e. The Kier molecular flexibility index (Phi) is 7.30. The van der Waals surface area contributed by atoms with Gasteiger partial charge in [-0.25, -0.2) is 9.78 Å². The topological polar surface area (TPSA) is 115 Å². The van der Waals surface area contributed by atoms with Gasteiger partial charge < -0.3 is 19.3 Å². The monoisotopic (exact) mass is 522 g/mol. The van der Waals surface area contributed by atoms with Crippen molar-refractivity contribution in [2.24, 2.45) is 0 Å². The van der Waals surface area contributed by atoms with Gasteiger partial charge in [-0.3, -0.25) is 14.5 Å². The number of esters is 1. The van der Waals surface area contributed by atoms with Crippen LogP contribution < -0.4 is 14.4 Å². The molecule has 1 amide bonds. The summed E-state index contributed by atoms with van der Waals surface area (Å²) >= 11 is 0.945. The highest BCUT2D eigenvalue weighted by molar-refractivity contribution is 7.17. The predicted octanol–water partition coefficient (Wildman–Crippen LogP) is 4.58. The zero-order valence-electron chi connectivity index (χ0n) is 21.0. The first-order valence-electron chi connectivity index (χ1n) is 11.5. The van der Waals surface area contributed by atoms with Crippen LogP contribution in [0.2, 0.25) is 0 Å². The van der Waals surface area contributed by atoms with Crippen LogP contribution in [0.25, 0.3) is 5.76 Å². The molecule has 0 saturated carbocycles. The molecule has 10 heteroatoms. The lowest BCUT2D eigenvalue weighted by Crippen LogP contribution is -2.29. The molecule has 1 unspecified atom stereocenters. The number of aliphatic hydroxyl groups is 1. The Hall–Kier alpha value is -4.18. The van der Waals surface area contributed by atoms with Crippen LogP contribution in [0.15, 0.2) is 48.0 Å². The van der Waals surface area contributed by atoms with Gasteiger partial charge in [0.25, 0.3) is 5.78 Å². The summed E-state index contributed by atoms with van der Waals surface area (Å²) in [7, 11) is 3.01. The largest absolute Gasteiger partial charge is 0.507 e. The van der Waals surface area contributed by atoms with E-state index in [1.54, 1.807) is 63.2 Å². The number of aryl methyl sites for hydroxylation is 2. The molecular weight excluding hydrogens is 496 g/mol. The van der Waals surface area contributed by atoms with Crippen molar-refractivity contribution < 1.29 is 33.7 Å². The second-order valence-corrected chi connectivity index (χ2v) is 9.20. The molecule has 0 spiro atoms. The van der Waals surface area contributed by atoms with E-state index < -0.39 is 23.7 Å². The van der Waals surface area contributed by atoms with Crippen molar-refractivity contribution in [2.45, 2.75) is 26.8 Å². The first kappa shape index (κ1) is 25.9. The molecule has 9 nitrogen and oxygen atoms in total. The highest BCUT2D eigenvalue weighted by Gasteiger charge is 2.49. The molecule has 1 aromatic heterocycles. The number of ether oxygens (including phenoxy) is 3. The van der Waals surface area contributed by atoms with Crippen molar-refractivity contribution in [1.82, 2.24) is 4.98 Å². The number of methoxy groups -OCH3 is 2. The van der Waals surface area contributed by atoms with E-state index >= 15 is 0 Å².